The third kappa shape index (κ3) is 2.98. The van der Waals surface area contributed by atoms with Gasteiger partial charge in [-0.1, -0.05) is 0 Å². The predicted octanol–water partition coefficient (Wildman–Crippen LogP) is 3.49. The van der Waals surface area contributed by atoms with E-state index in [4.69, 9.17) is 9.84 Å². The fourth-order valence-corrected chi connectivity index (χ4v) is 1.77. The molecule has 4 nitrogen and oxygen atoms in total. The highest BCUT2D eigenvalue weighted by Crippen LogP contribution is 2.26. The lowest BCUT2D eigenvalue weighted by molar-refractivity contribution is 0.0693. The quantitative estimate of drug-likeness (QED) is 0.857. The maximum Gasteiger partial charge on any atom is 0.341 e. The second kappa shape index (κ2) is 5.34. The van der Waals surface area contributed by atoms with Crippen LogP contribution in [0.2, 0.25) is 0 Å². The van der Waals surface area contributed by atoms with Gasteiger partial charge in [0, 0.05) is 21.5 Å². The number of pyridine rings is 1. The highest BCUT2D eigenvalue weighted by atomic mass is 127. The van der Waals surface area contributed by atoms with Gasteiger partial charge in [-0.15, -0.1) is 0 Å². The molecule has 92 valence electrons. The Morgan fingerprint density at radius 2 is 2.00 bits per heavy atom. The Kier molecular flexibility index (Phi) is 3.81. The van der Waals surface area contributed by atoms with Gasteiger partial charge in [-0.25, -0.2) is 4.79 Å². The van der Waals surface area contributed by atoms with Crippen molar-refractivity contribution in [1.82, 2.24) is 4.98 Å². The first kappa shape index (κ1) is 12.8. The van der Waals surface area contributed by atoms with E-state index in [0.29, 0.717) is 17.2 Å². The molecule has 0 unspecified atom stereocenters. The van der Waals surface area contributed by atoms with Gasteiger partial charge in [0.15, 0.2) is 0 Å². The van der Waals surface area contributed by atoms with Gasteiger partial charge in [0.1, 0.15) is 17.1 Å². The van der Waals surface area contributed by atoms with Crippen LogP contribution in [0.1, 0.15) is 16.1 Å². The summed E-state index contributed by atoms with van der Waals surface area (Å²) in [4.78, 5) is 15.0. The third-order valence-electron chi connectivity index (χ3n) is 2.27. The predicted molar refractivity (Wildman–Crippen MR) is 75.2 cm³/mol. The van der Waals surface area contributed by atoms with E-state index in [0.717, 1.165) is 3.57 Å². The topological polar surface area (TPSA) is 59.4 Å². The van der Waals surface area contributed by atoms with Crippen molar-refractivity contribution in [3.63, 3.8) is 0 Å². The number of carbonyl (C=O) groups is 1. The number of ether oxygens (including phenoxy) is 1. The number of aromatic nitrogens is 1. The summed E-state index contributed by atoms with van der Waals surface area (Å²) in [6.45, 7) is 1.78. The molecule has 1 heterocycles. The number of hydrogen-bond donors (Lipinski definition) is 1. The summed E-state index contributed by atoms with van der Waals surface area (Å²) < 4.78 is 6.67. The molecule has 0 aliphatic rings. The summed E-state index contributed by atoms with van der Waals surface area (Å²) in [5, 5.41) is 9.06. The molecule has 0 atom stereocenters. The lowest BCUT2D eigenvalue weighted by Crippen LogP contribution is -2.01. The summed E-state index contributed by atoms with van der Waals surface area (Å²) >= 11 is 2.19. The molecule has 0 fully saturated rings. The molecule has 0 radical (unpaired) electrons. The molecule has 1 N–H and O–H groups in total. The molecule has 0 saturated carbocycles. The molecular weight excluding hydrogens is 345 g/mol. The van der Waals surface area contributed by atoms with E-state index in [-0.39, 0.29) is 5.56 Å². The Labute approximate surface area is 118 Å². The minimum Gasteiger partial charge on any atom is -0.477 e. The fraction of sp³-hybridized carbons (Fsp3) is 0.0769. The van der Waals surface area contributed by atoms with E-state index in [1.165, 1.54) is 6.20 Å². The summed E-state index contributed by atoms with van der Waals surface area (Å²) in [5.74, 6) is -0.150. The molecule has 0 saturated heterocycles. The number of halogens is 1. The van der Waals surface area contributed by atoms with Crippen LogP contribution in [0.5, 0.6) is 11.5 Å². The SMILES string of the molecule is Cc1cc(Oc2ccc(I)cc2)c(C(=O)O)cn1. The number of nitrogens with zero attached hydrogens (tertiary/aromatic N) is 1. The lowest BCUT2D eigenvalue weighted by Gasteiger charge is -2.09. The van der Waals surface area contributed by atoms with Crippen molar-refractivity contribution in [3.05, 3.63) is 51.4 Å². The first-order valence-corrected chi connectivity index (χ1v) is 6.27. The van der Waals surface area contributed by atoms with E-state index < -0.39 is 5.97 Å². The third-order valence-corrected chi connectivity index (χ3v) is 2.99. The number of hydrogen-bond acceptors (Lipinski definition) is 3. The molecule has 0 spiro atoms. The monoisotopic (exact) mass is 355 g/mol. The Hall–Kier alpha value is -1.63. The van der Waals surface area contributed by atoms with Crippen LogP contribution in [0.15, 0.2) is 36.5 Å². The van der Waals surface area contributed by atoms with E-state index in [1.54, 1.807) is 25.1 Å². The highest BCUT2D eigenvalue weighted by molar-refractivity contribution is 14.1. The van der Waals surface area contributed by atoms with Crippen LogP contribution < -0.4 is 4.74 Å². The number of carboxylic acid groups (broad SMARTS) is 1. The maximum absolute atomic E-state index is 11.1. The van der Waals surface area contributed by atoms with Gasteiger partial charge in [-0.3, -0.25) is 4.98 Å². The second-order valence-corrected chi connectivity index (χ2v) is 4.93. The molecule has 2 rings (SSSR count). The maximum atomic E-state index is 11.1. The normalized spacial score (nSPS) is 10.1. The molecule has 0 aliphatic carbocycles. The average molecular weight is 355 g/mol. The molecule has 0 amide bonds. The molecule has 2 aromatic rings. The Bertz CT molecular complexity index is 581. The molecule has 18 heavy (non-hydrogen) atoms. The van der Waals surface area contributed by atoms with Crippen LogP contribution in [-0.2, 0) is 0 Å². The van der Waals surface area contributed by atoms with Gasteiger partial charge in [-0.05, 0) is 53.8 Å². The van der Waals surface area contributed by atoms with Gasteiger partial charge >= 0.3 is 5.97 Å². The van der Waals surface area contributed by atoms with Gasteiger partial charge in [-0.2, -0.15) is 0 Å². The first-order chi connectivity index (χ1) is 8.56. The molecule has 5 heteroatoms. The van der Waals surface area contributed by atoms with Crippen LogP contribution >= 0.6 is 22.6 Å². The van der Waals surface area contributed by atoms with Crippen molar-refractivity contribution in [2.75, 3.05) is 0 Å². The van der Waals surface area contributed by atoms with Gasteiger partial charge in [0.25, 0.3) is 0 Å². The standard InChI is InChI=1S/C13H10INO3/c1-8-6-12(11(7-15-8)13(16)17)18-10-4-2-9(14)3-5-10/h2-7H,1H3,(H,16,17). The molecule has 1 aromatic carbocycles. The smallest absolute Gasteiger partial charge is 0.341 e. The number of aromatic carboxylic acids is 1. The molecular formula is C13H10INO3. The van der Waals surface area contributed by atoms with Crippen molar-refractivity contribution in [2.45, 2.75) is 6.92 Å². The van der Waals surface area contributed by atoms with Crippen LogP contribution in [0.4, 0.5) is 0 Å². The molecule has 1 aromatic heterocycles. The summed E-state index contributed by atoms with van der Waals surface area (Å²) in [7, 11) is 0. The van der Waals surface area contributed by atoms with Crippen LogP contribution in [0, 0.1) is 10.5 Å². The zero-order valence-corrected chi connectivity index (χ0v) is 11.7. The van der Waals surface area contributed by atoms with Crippen molar-refractivity contribution in [1.29, 1.82) is 0 Å². The Morgan fingerprint density at radius 3 is 2.61 bits per heavy atom. The van der Waals surface area contributed by atoms with Crippen molar-refractivity contribution in [3.8, 4) is 11.5 Å². The summed E-state index contributed by atoms with van der Waals surface area (Å²) in [5.41, 5.74) is 0.764. The zero-order valence-electron chi connectivity index (χ0n) is 9.55. The summed E-state index contributed by atoms with van der Waals surface area (Å²) in [6, 6.07) is 8.99. The van der Waals surface area contributed by atoms with Crippen LogP contribution in [-0.4, -0.2) is 16.1 Å². The van der Waals surface area contributed by atoms with Gasteiger partial charge in [0.2, 0.25) is 0 Å². The molecule has 0 aliphatic heterocycles. The first-order valence-electron chi connectivity index (χ1n) is 5.19. The van der Waals surface area contributed by atoms with E-state index in [9.17, 15) is 4.79 Å². The fourth-order valence-electron chi connectivity index (χ4n) is 1.41. The average Bonchev–Trinajstić information content (AvgIpc) is 2.32. The largest absolute Gasteiger partial charge is 0.477 e. The second-order valence-electron chi connectivity index (χ2n) is 3.68. The molecule has 0 bridgehead atoms. The Balaban J connectivity index is 2.35. The number of aryl methyl sites for hydroxylation is 1. The van der Waals surface area contributed by atoms with Crippen molar-refractivity contribution >= 4 is 28.6 Å². The lowest BCUT2D eigenvalue weighted by atomic mass is 10.2. The van der Waals surface area contributed by atoms with E-state index in [1.807, 2.05) is 12.1 Å². The zero-order chi connectivity index (χ0) is 13.1. The van der Waals surface area contributed by atoms with Gasteiger partial charge < -0.3 is 9.84 Å². The van der Waals surface area contributed by atoms with E-state index in [2.05, 4.69) is 27.6 Å². The number of carboxylic acids is 1. The highest BCUT2D eigenvalue weighted by Gasteiger charge is 2.13. The summed E-state index contributed by atoms with van der Waals surface area (Å²) in [6.07, 6.45) is 1.31. The van der Waals surface area contributed by atoms with Crippen LogP contribution in [0.25, 0.3) is 0 Å². The van der Waals surface area contributed by atoms with Gasteiger partial charge in [0.05, 0.1) is 0 Å². The van der Waals surface area contributed by atoms with Crippen molar-refractivity contribution < 1.29 is 14.6 Å². The minimum atomic E-state index is -1.05. The van der Waals surface area contributed by atoms with E-state index >= 15 is 0 Å². The number of benzene rings is 1. The van der Waals surface area contributed by atoms with Crippen LogP contribution in [0.3, 0.4) is 0 Å². The minimum absolute atomic E-state index is 0.0548. The Morgan fingerprint density at radius 1 is 1.33 bits per heavy atom. The number of rotatable bonds is 3. The van der Waals surface area contributed by atoms with Crippen molar-refractivity contribution in [2.24, 2.45) is 0 Å².